The summed E-state index contributed by atoms with van der Waals surface area (Å²) in [5.74, 6) is 1.46. The number of hydrogen-bond donors (Lipinski definition) is 1. The van der Waals surface area contributed by atoms with E-state index in [1.54, 1.807) is 37.6 Å². The third kappa shape index (κ3) is 9.27. The molecule has 1 N–H and O–H groups in total. The van der Waals surface area contributed by atoms with Crippen LogP contribution < -0.4 is 24.4 Å². The smallest absolute Gasteiger partial charge is 0.247 e. The number of nitrogens with one attached hydrogen (secondary N) is 1. The molecule has 0 bridgehead atoms. The summed E-state index contributed by atoms with van der Waals surface area (Å²) in [5, 5.41) is 2.91. The number of carbonyl (C=O) groups excluding carboxylic acids is 2. The predicted molar refractivity (Wildman–Crippen MR) is 170 cm³/mol. The monoisotopic (exact) mass is 589 g/mol. The second-order valence-electron chi connectivity index (χ2n) is 11.0. The van der Waals surface area contributed by atoms with Crippen molar-refractivity contribution in [3.63, 3.8) is 0 Å². The van der Waals surface area contributed by atoms with Gasteiger partial charge in [0.1, 0.15) is 28.8 Å². The molecule has 0 unspecified atom stereocenters. The van der Waals surface area contributed by atoms with Crippen LogP contribution in [0.25, 0.3) is 0 Å². The number of methoxy groups -OCH3 is 1. The highest BCUT2D eigenvalue weighted by Gasteiger charge is 2.21. The van der Waals surface area contributed by atoms with Crippen molar-refractivity contribution >= 4 is 23.1 Å². The molecule has 2 aromatic carbocycles. The Kier molecular flexibility index (Phi) is 11.7. The first-order chi connectivity index (χ1) is 20.4. The van der Waals surface area contributed by atoms with Crippen LogP contribution in [-0.2, 0) is 11.2 Å². The molecule has 0 aliphatic carbocycles. The standard InChI is InChI=1S/C33H43N5O5/c1-10-32(39)36-27-17-23(29(41-9)20-28(27)38(8)16-15-37(6)7)18-31-34-14-13-26(35-31)33(40)25-12-11-24(42-21(2)3)19-30(25)43-22(4)5/h10-14,17,19-22H,1,15-16,18H2,2-9H3,(H,36,39). The van der Waals surface area contributed by atoms with Gasteiger partial charge in [0.05, 0.1) is 36.3 Å². The van der Waals surface area contributed by atoms with E-state index in [1.165, 1.54) is 6.08 Å². The van der Waals surface area contributed by atoms with Gasteiger partial charge in [0.25, 0.3) is 0 Å². The summed E-state index contributed by atoms with van der Waals surface area (Å²) in [6, 6.07) is 10.5. The van der Waals surface area contributed by atoms with Gasteiger partial charge in [-0.2, -0.15) is 0 Å². The van der Waals surface area contributed by atoms with E-state index in [0.717, 1.165) is 24.3 Å². The molecule has 0 saturated carbocycles. The number of nitrogens with zero attached hydrogens (tertiary/aromatic N) is 4. The van der Waals surface area contributed by atoms with E-state index in [9.17, 15) is 9.59 Å². The van der Waals surface area contributed by atoms with Gasteiger partial charge in [0, 0.05) is 50.5 Å². The lowest BCUT2D eigenvalue weighted by molar-refractivity contribution is -0.111. The Balaban J connectivity index is 1.97. The van der Waals surface area contributed by atoms with E-state index in [4.69, 9.17) is 14.2 Å². The fraction of sp³-hybridized carbons (Fsp3) is 0.394. The van der Waals surface area contributed by atoms with Gasteiger partial charge in [-0.25, -0.2) is 9.97 Å². The average Bonchev–Trinajstić information content (AvgIpc) is 2.95. The summed E-state index contributed by atoms with van der Waals surface area (Å²) in [6.07, 6.45) is 2.89. The molecule has 0 aliphatic rings. The molecule has 1 amide bonds. The summed E-state index contributed by atoms with van der Waals surface area (Å²) < 4.78 is 17.5. The van der Waals surface area contributed by atoms with Crippen LogP contribution >= 0.6 is 0 Å². The van der Waals surface area contributed by atoms with Gasteiger partial charge in [0.15, 0.2) is 0 Å². The molecule has 3 rings (SSSR count). The van der Waals surface area contributed by atoms with Gasteiger partial charge in [-0.1, -0.05) is 6.58 Å². The Labute approximate surface area is 254 Å². The van der Waals surface area contributed by atoms with Crippen molar-refractivity contribution in [2.45, 2.75) is 46.3 Å². The first-order valence-corrected chi connectivity index (χ1v) is 14.3. The highest BCUT2D eigenvalue weighted by atomic mass is 16.5. The van der Waals surface area contributed by atoms with Crippen molar-refractivity contribution in [3.8, 4) is 17.2 Å². The quantitative estimate of drug-likeness (QED) is 0.194. The highest BCUT2D eigenvalue weighted by molar-refractivity contribution is 6.09. The molecule has 0 saturated heterocycles. The van der Waals surface area contributed by atoms with E-state index in [0.29, 0.717) is 34.3 Å². The van der Waals surface area contributed by atoms with Crippen molar-refractivity contribution in [2.24, 2.45) is 0 Å². The summed E-state index contributed by atoms with van der Waals surface area (Å²) in [4.78, 5) is 39.1. The maximum Gasteiger partial charge on any atom is 0.247 e. The second-order valence-corrected chi connectivity index (χ2v) is 11.0. The van der Waals surface area contributed by atoms with E-state index in [2.05, 4.69) is 31.7 Å². The zero-order valence-corrected chi connectivity index (χ0v) is 26.4. The third-order valence-electron chi connectivity index (χ3n) is 6.35. The minimum absolute atomic E-state index is 0.0204. The van der Waals surface area contributed by atoms with Gasteiger partial charge in [-0.15, -0.1) is 0 Å². The number of hydrogen-bond acceptors (Lipinski definition) is 9. The van der Waals surface area contributed by atoms with Crippen molar-refractivity contribution in [1.82, 2.24) is 14.9 Å². The van der Waals surface area contributed by atoms with Crippen LogP contribution in [0.15, 0.2) is 55.3 Å². The van der Waals surface area contributed by atoms with Crippen LogP contribution in [0, 0.1) is 0 Å². The second kappa shape index (κ2) is 15.2. The Morgan fingerprint density at radius 2 is 1.70 bits per heavy atom. The van der Waals surface area contributed by atoms with Crippen molar-refractivity contribution in [3.05, 3.63) is 77.9 Å². The molecule has 1 heterocycles. The minimum Gasteiger partial charge on any atom is -0.496 e. The van der Waals surface area contributed by atoms with Gasteiger partial charge in [0.2, 0.25) is 11.7 Å². The third-order valence-corrected chi connectivity index (χ3v) is 6.35. The molecule has 0 aliphatic heterocycles. The first-order valence-electron chi connectivity index (χ1n) is 14.3. The molecule has 230 valence electrons. The number of likely N-dealkylation sites (N-methyl/N-ethyl adjacent to an activating group) is 2. The largest absolute Gasteiger partial charge is 0.496 e. The van der Waals surface area contributed by atoms with Crippen LogP contribution in [0.4, 0.5) is 11.4 Å². The average molecular weight is 590 g/mol. The van der Waals surface area contributed by atoms with Gasteiger partial charge >= 0.3 is 0 Å². The van der Waals surface area contributed by atoms with Crippen LogP contribution in [0.1, 0.15) is 55.1 Å². The topological polar surface area (TPSA) is 106 Å². The van der Waals surface area contributed by atoms with Crippen LogP contribution in [0.3, 0.4) is 0 Å². The lowest BCUT2D eigenvalue weighted by Gasteiger charge is -2.25. The summed E-state index contributed by atoms with van der Waals surface area (Å²) in [6.45, 7) is 12.8. The summed E-state index contributed by atoms with van der Waals surface area (Å²) in [7, 11) is 7.56. The molecule has 0 spiro atoms. The Hall–Kier alpha value is -4.44. The number of carbonyl (C=O) groups is 2. The predicted octanol–water partition coefficient (Wildman–Crippen LogP) is 5.00. The van der Waals surface area contributed by atoms with Crippen molar-refractivity contribution in [2.75, 3.05) is 51.6 Å². The molecule has 10 nitrogen and oxygen atoms in total. The molecular formula is C33H43N5O5. The molecule has 0 fully saturated rings. The minimum atomic E-state index is -0.327. The molecule has 43 heavy (non-hydrogen) atoms. The van der Waals surface area contributed by atoms with Crippen molar-refractivity contribution in [1.29, 1.82) is 0 Å². The van der Waals surface area contributed by atoms with Gasteiger partial charge < -0.3 is 29.3 Å². The molecule has 0 atom stereocenters. The summed E-state index contributed by atoms with van der Waals surface area (Å²) >= 11 is 0. The van der Waals surface area contributed by atoms with Gasteiger partial charge in [-0.05, 0) is 72.1 Å². The van der Waals surface area contributed by atoms with E-state index >= 15 is 0 Å². The lowest BCUT2D eigenvalue weighted by Crippen LogP contribution is -2.29. The number of benzene rings is 2. The molecule has 1 aromatic heterocycles. The Morgan fingerprint density at radius 3 is 2.33 bits per heavy atom. The lowest BCUT2D eigenvalue weighted by atomic mass is 10.0. The number of aromatic nitrogens is 2. The summed E-state index contributed by atoms with van der Waals surface area (Å²) in [5.41, 5.74) is 2.76. The van der Waals surface area contributed by atoms with Crippen LogP contribution in [-0.4, -0.2) is 80.1 Å². The van der Waals surface area contributed by atoms with E-state index in [1.807, 2.05) is 61.0 Å². The number of ether oxygens (including phenoxy) is 3. The number of anilines is 2. The zero-order valence-electron chi connectivity index (χ0n) is 26.4. The van der Waals surface area contributed by atoms with E-state index in [-0.39, 0.29) is 36.0 Å². The fourth-order valence-corrected chi connectivity index (χ4v) is 4.32. The molecular weight excluding hydrogens is 546 g/mol. The zero-order chi connectivity index (χ0) is 31.7. The van der Waals surface area contributed by atoms with Crippen molar-refractivity contribution < 1.29 is 23.8 Å². The number of amides is 1. The van der Waals surface area contributed by atoms with Gasteiger partial charge in [-0.3, -0.25) is 9.59 Å². The first kappa shape index (κ1) is 33.1. The maximum absolute atomic E-state index is 13.6. The normalized spacial score (nSPS) is 11.0. The Morgan fingerprint density at radius 1 is 0.977 bits per heavy atom. The molecule has 10 heteroatoms. The fourth-order valence-electron chi connectivity index (χ4n) is 4.32. The highest BCUT2D eigenvalue weighted by Crippen LogP contribution is 2.35. The maximum atomic E-state index is 13.6. The molecule has 0 radical (unpaired) electrons. The van der Waals surface area contributed by atoms with Crippen LogP contribution in [0.5, 0.6) is 17.2 Å². The Bertz CT molecular complexity index is 1440. The molecule has 3 aromatic rings. The number of ketones is 1. The van der Waals surface area contributed by atoms with E-state index < -0.39 is 0 Å². The van der Waals surface area contributed by atoms with Crippen LogP contribution in [0.2, 0.25) is 0 Å². The number of rotatable bonds is 15. The SMILES string of the molecule is C=CC(=O)Nc1cc(Cc2nccc(C(=O)c3ccc(OC(C)C)cc3OC(C)C)n2)c(OC)cc1N(C)CCN(C)C.